The molecule has 0 aromatic heterocycles. The van der Waals surface area contributed by atoms with Gasteiger partial charge in [-0.25, -0.2) is 0 Å². The van der Waals surface area contributed by atoms with Crippen LogP contribution < -0.4 is 5.73 Å². The Balaban J connectivity index is 3.59. The van der Waals surface area contributed by atoms with Crippen molar-refractivity contribution in [2.24, 2.45) is 5.73 Å². The summed E-state index contributed by atoms with van der Waals surface area (Å²) in [5.41, 5.74) is 4.88. The summed E-state index contributed by atoms with van der Waals surface area (Å²) < 4.78 is 0. The van der Waals surface area contributed by atoms with Gasteiger partial charge in [-0.1, -0.05) is 17.8 Å². The van der Waals surface area contributed by atoms with Gasteiger partial charge in [0.25, 0.3) is 5.24 Å². The fourth-order valence-corrected chi connectivity index (χ4v) is 1.15. The van der Waals surface area contributed by atoms with E-state index in [0.29, 0.717) is 6.42 Å². The molecule has 0 aromatic carbocycles. The van der Waals surface area contributed by atoms with E-state index >= 15 is 0 Å². The van der Waals surface area contributed by atoms with Crippen molar-refractivity contribution >= 4 is 17.0 Å². The molecule has 3 N–H and O–H groups in total. The van der Waals surface area contributed by atoms with Crippen LogP contribution >= 0.6 is 11.8 Å². The van der Waals surface area contributed by atoms with E-state index in [4.69, 9.17) is 10.8 Å². The first-order valence-corrected chi connectivity index (χ1v) is 3.76. The molecule has 1 atom stereocenters. The normalized spacial score (nSPS) is 12.5. The van der Waals surface area contributed by atoms with Crippen LogP contribution in [-0.4, -0.2) is 22.2 Å². The first kappa shape index (κ1) is 9.52. The minimum atomic E-state index is -0.457. The van der Waals surface area contributed by atoms with Gasteiger partial charge in [0.2, 0.25) is 0 Å². The number of rotatable bonds is 4. The van der Waals surface area contributed by atoms with Crippen molar-refractivity contribution in [3.8, 4) is 0 Å². The van der Waals surface area contributed by atoms with E-state index in [1.54, 1.807) is 6.08 Å². The molecule has 0 heterocycles. The third-order valence-electron chi connectivity index (χ3n) is 0.916. The van der Waals surface area contributed by atoms with Crippen LogP contribution in [0.2, 0.25) is 0 Å². The largest absolute Gasteiger partial charge is 0.395 e. The lowest BCUT2D eigenvalue weighted by atomic mass is 10.3. The van der Waals surface area contributed by atoms with Crippen LogP contribution in [0.1, 0.15) is 6.42 Å². The van der Waals surface area contributed by atoms with Crippen molar-refractivity contribution in [3.05, 3.63) is 12.7 Å². The van der Waals surface area contributed by atoms with Gasteiger partial charge in [-0.3, -0.25) is 4.79 Å². The Morgan fingerprint density at radius 3 is 2.80 bits per heavy atom. The van der Waals surface area contributed by atoms with Crippen LogP contribution in [0.3, 0.4) is 0 Å². The number of allylic oxidation sites excluding steroid dienone is 1. The van der Waals surface area contributed by atoms with Gasteiger partial charge in [0.15, 0.2) is 0 Å². The molecule has 58 valence electrons. The SMILES string of the molecule is C=CC[C@@H](CO)SC(N)=O. The highest BCUT2D eigenvalue weighted by Crippen LogP contribution is 2.13. The standard InChI is InChI=1S/C6H11NO2S/c1-2-3-5(4-8)10-6(7)9/h2,5,8H,1,3-4H2,(H2,7,9)/t5-/m0/s1. The lowest BCUT2D eigenvalue weighted by Crippen LogP contribution is -2.14. The molecule has 0 saturated carbocycles. The number of hydrogen-bond donors (Lipinski definition) is 2. The highest BCUT2D eigenvalue weighted by Gasteiger charge is 2.08. The molecule has 0 unspecified atom stereocenters. The first-order valence-electron chi connectivity index (χ1n) is 2.88. The molecular weight excluding hydrogens is 150 g/mol. The summed E-state index contributed by atoms with van der Waals surface area (Å²) >= 11 is 0.942. The van der Waals surface area contributed by atoms with E-state index in [9.17, 15) is 4.79 Å². The molecular formula is C6H11NO2S. The Bertz CT molecular complexity index is 127. The van der Waals surface area contributed by atoms with Crippen LogP contribution in [0.5, 0.6) is 0 Å². The zero-order valence-corrected chi connectivity index (χ0v) is 6.43. The number of amides is 1. The summed E-state index contributed by atoms with van der Waals surface area (Å²) in [4.78, 5) is 10.3. The van der Waals surface area contributed by atoms with E-state index in [0.717, 1.165) is 11.8 Å². The summed E-state index contributed by atoms with van der Waals surface area (Å²) in [6.45, 7) is 3.44. The lowest BCUT2D eigenvalue weighted by Gasteiger charge is -2.06. The monoisotopic (exact) mass is 161 g/mol. The fraction of sp³-hybridized carbons (Fsp3) is 0.500. The third-order valence-corrected chi connectivity index (χ3v) is 1.82. The molecule has 0 spiro atoms. The molecule has 3 nitrogen and oxygen atoms in total. The number of aliphatic hydroxyl groups is 1. The predicted octanol–water partition coefficient (Wildman–Crippen LogP) is 0.735. The third kappa shape index (κ3) is 4.40. The summed E-state index contributed by atoms with van der Waals surface area (Å²) in [5.74, 6) is 0. The molecule has 1 amide bonds. The number of carbonyl (C=O) groups is 1. The summed E-state index contributed by atoms with van der Waals surface area (Å²) in [6, 6.07) is 0. The van der Waals surface area contributed by atoms with Crippen LogP contribution in [0.4, 0.5) is 4.79 Å². The fourth-order valence-electron chi connectivity index (χ4n) is 0.510. The first-order chi connectivity index (χ1) is 4.70. The van der Waals surface area contributed by atoms with Gasteiger partial charge in [-0.05, 0) is 6.42 Å². The van der Waals surface area contributed by atoms with Gasteiger partial charge in [0, 0.05) is 5.25 Å². The molecule has 4 heteroatoms. The molecule has 0 aliphatic rings. The second-order valence-electron chi connectivity index (χ2n) is 1.77. The van der Waals surface area contributed by atoms with Crippen LogP contribution in [0.25, 0.3) is 0 Å². The topological polar surface area (TPSA) is 63.3 Å². The van der Waals surface area contributed by atoms with Crippen LogP contribution in [0, 0.1) is 0 Å². The second kappa shape index (κ2) is 5.32. The smallest absolute Gasteiger partial charge is 0.276 e. The molecule has 0 fully saturated rings. The Morgan fingerprint density at radius 1 is 1.90 bits per heavy atom. The van der Waals surface area contributed by atoms with Crippen molar-refractivity contribution in [1.29, 1.82) is 0 Å². The van der Waals surface area contributed by atoms with E-state index in [2.05, 4.69) is 6.58 Å². The highest BCUT2D eigenvalue weighted by molar-refractivity contribution is 8.14. The number of thioether (sulfide) groups is 1. The number of hydrogen-bond acceptors (Lipinski definition) is 3. The molecule has 0 saturated heterocycles. The van der Waals surface area contributed by atoms with Gasteiger partial charge in [0.05, 0.1) is 6.61 Å². The van der Waals surface area contributed by atoms with Crippen molar-refractivity contribution in [3.63, 3.8) is 0 Å². The van der Waals surface area contributed by atoms with E-state index < -0.39 is 5.24 Å². The lowest BCUT2D eigenvalue weighted by molar-refractivity contribution is 0.266. The predicted molar refractivity (Wildman–Crippen MR) is 42.9 cm³/mol. The maximum absolute atomic E-state index is 10.3. The van der Waals surface area contributed by atoms with Gasteiger partial charge in [-0.15, -0.1) is 6.58 Å². The molecule has 0 rings (SSSR count). The minimum Gasteiger partial charge on any atom is -0.395 e. The van der Waals surface area contributed by atoms with E-state index in [1.165, 1.54) is 0 Å². The zero-order valence-electron chi connectivity index (χ0n) is 5.62. The second-order valence-corrected chi connectivity index (χ2v) is 3.07. The van der Waals surface area contributed by atoms with Crippen LogP contribution in [-0.2, 0) is 0 Å². The Kier molecular flexibility index (Phi) is 5.06. The molecule has 0 aliphatic heterocycles. The maximum Gasteiger partial charge on any atom is 0.276 e. The Morgan fingerprint density at radius 2 is 2.50 bits per heavy atom. The molecule has 10 heavy (non-hydrogen) atoms. The van der Waals surface area contributed by atoms with Crippen molar-refractivity contribution in [2.45, 2.75) is 11.7 Å². The van der Waals surface area contributed by atoms with Crippen molar-refractivity contribution < 1.29 is 9.90 Å². The average molecular weight is 161 g/mol. The van der Waals surface area contributed by atoms with Crippen LogP contribution in [0.15, 0.2) is 12.7 Å². The van der Waals surface area contributed by atoms with E-state index in [1.807, 2.05) is 0 Å². The Hall–Kier alpha value is -0.480. The average Bonchev–Trinajstić information content (AvgIpc) is 1.86. The summed E-state index contributed by atoms with van der Waals surface area (Å²) in [7, 11) is 0. The van der Waals surface area contributed by atoms with Gasteiger partial charge in [-0.2, -0.15) is 0 Å². The van der Waals surface area contributed by atoms with Crippen molar-refractivity contribution in [1.82, 2.24) is 0 Å². The Labute approximate surface area is 64.3 Å². The van der Waals surface area contributed by atoms with Gasteiger partial charge < -0.3 is 10.8 Å². The number of carbonyl (C=O) groups excluding carboxylic acids is 1. The number of nitrogens with two attached hydrogens (primary N) is 1. The number of primary amides is 1. The summed E-state index contributed by atoms with van der Waals surface area (Å²) in [6.07, 6.45) is 2.25. The molecule has 0 radical (unpaired) electrons. The quantitative estimate of drug-likeness (QED) is 0.597. The number of aliphatic hydroxyl groups excluding tert-OH is 1. The highest BCUT2D eigenvalue weighted by atomic mass is 32.2. The molecule has 0 aliphatic carbocycles. The van der Waals surface area contributed by atoms with E-state index in [-0.39, 0.29) is 11.9 Å². The zero-order chi connectivity index (χ0) is 7.98. The van der Waals surface area contributed by atoms with Gasteiger partial charge >= 0.3 is 0 Å². The maximum atomic E-state index is 10.3. The van der Waals surface area contributed by atoms with Crippen molar-refractivity contribution in [2.75, 3.05) is 6.61 Å². The molecule has 0 bridgehead atoms. The summed E-state index contributed by atoms with van der Waals surface area (Å²) in [5, 5.41) is 8.04. The molecule has 0 aromatic rings. The van der Waals surface area contributed by atoms with Gasteiger partial charge in [0.1, 0.15) is 0 Å². The minimum absolute atomic E-state index is 0.0420.